The molecule has 32 heavy (non-hydrogen) atoms. The molecule has 0 unspecified atom stereocenters. The van der Waals surface area contributed by atoms with Crippen LogP contribution in [0.3, 0.4) is 0 Å². The molecule has 0 saturated heterocycles. The Balaban J connectivity index is 1.49. The maximum Gasteiger partial charge on any atom is 0.122 e. The van der Waals surface area contributed by atoms with E-state index in [4.69, 9.17) is 31.8 Å². The van der Waals surface area contributed by atoms with Crippen molar-refractivity contribution in [3.8, 4) is 11.5 Å². The number of amidine groups is 2. The fourth-order valence-electron chi connectivity index (χ4n) is 3.48. The van der Waals surface area contributed by atoms with E-state index in [0.717, 1.165) is 33.4 Å². The average Bonchev–Trinajstić information content (AvgIpc) is 2.81. The van der Waals surface area contributed by atoms with E-state index in [0.29, 0.717) is 24.3 Å². The number of nitrogens with one attached hydrogen (secondary N) is 2. The van der Waals surface area contributed by atoms with Crippen LogP contribution in [0.5, 0.6) is 11.5 Å². The molecular formula is C26H24N4O2. The Labute approximate surface area is 186 Å². The van der Waals surface area contributed by atoms with Gasteiger partial charge in [-0.05, 0) is 70.4 Å². The molecule has 6 N–H and O–H groups in total. The van der Waals surface area contributed by atoms with Gasteiger partial charge in [0.15, 0.2) is 0 Å². The second-order valence-electron chi connectivity index (χ2n) is 7.38. The van der Waals surface area contributed by atoms with Crippen molar-refractivity contribution in [3.05, 3.63) is 107 Å². The van der Waals surface area contributed by atoms with Crippen molar-refractivity contribution in [2.45, 2.75) is 13.2 Å². The molecule has 160 valence electrons. The summed E-state index contributed by atoms with van der Waals surface area (Å²) in [5.41, 5.74) is 14.5. The first-order valence-electron chi connectivity index (χ1n) is 10.2. The maximum atomic E-state index is 7.48. The lowest BCUT2D eigenvalue weighted by Crippen LogP contribution is -2.10. The molecule has 0 radical (unpaired) electrons. The van der Waals surface area contributed by atoms with Crippen molar-refractivity contribution >= 4 is 22.4 Å². The minimum absolute atomic E-state index is 0.0372. The number of nitrogens with two attached hydrogens (primary N) is 2. The Hall–Kier alpha value is -4.32. The van der Waals surface area contributed by atoms with E-state index >= 15 is 0 Å². The van der Waals surface area contributed by atoms with Crippen LogP contribution in [-0.4, -0.2) is 11.7 Å². The average molecular weight is 425 g/mol. The van der Waals surface area contributed by atoms with Gasteiger partial charge in [-0.3, -0.25) is 10.8 Å². The smallest absolute Gasteiger partial charge is 0.122 e. The van der Waals surface area contributed by atoms with E-state index in [1.807, 2.05) is 36.4 Å². The van der Waals surface area contributed by atoms with E-state index < -0.39 is 0 Å². The molecule has 0 aliphatic heterocycles. The van der Waals surface area contributed by atoms with Gasteiger partial charge in [0.05, 0.1) is 0 Å². The Morgan fingerprint density at radius 1 is 0.562 bits per heavy atom. The van der Waals surface area contributed by atoms with Crippen molar-refractivity contribution in [3.63, 3.8) is 0 Å². The number of hydrogen-bond donors (Lipinski definition) is 4. The summed E-state index contributed by atoms with van der Waals surface area (Å²) >= 11 is 0. The van der Waals surface area contributed by atoms with Crippen molar-refractivity contribution in [1.82, 2.24) is 0 Å². The van der Waals surface area contributed by atoms with Crippen molar-refractivity contribution in [2.75, 3.05) is 0 Å². The van der Waals surface area contributed by atoms with E-state index in [9.17, 15) is 0 Å². The van der Waals surface area contributed by atoms with Gasteiger partial charge in [0, 0.05) is 11.1 Å². The summed E-state index contributed by atoms with van der Waals surface area (Å²) in [6, 6.07) is 26.7. The zero-order valence-corrected chi connectivity index (χ0v) is 17.5. The third kappa shape index (κ3) is 4.70. The summed E-state index contributed by atoms with van der Waals surface area (Å²) in [7, 11) is 0. The van der Waals surface area contributed by atoms with E-state index in [-0.39, 0.29) is 11.7 Å². The molecule has 0 fully saturated rings. The number of fused-ring (bicyclic) bond motifs is 1. The second kappa shape index (κ2) is 9.22. The predicted molar refractivity (Wildman–Crippen MR) is 128 cm³/mol. The predicted octanol–water partition coefficient (Wildman–Crippen LogP) is 4.57. The molecule has 6 nitrogen and oxygen atoms in total. The maximum absolute atomic E-state index is 7.48. The molecule has 0 aliphatic rings. The number of benzene rings is 4. The fourth-order valence-corrected chi connectivity index (χ4v) is 3.48. The van der Waals surface area contributed by atoms with Crippen molar-refractivity contribution < 1.29 is 9.47 Å². The first kappa shape index (κ1) is 20.9. The summed E-state index contributed by atoms with van der Waals surface area (Å²) in [6.45, 7) is 0.848. The normalized spacial score (nSPS) is 10.6. The SMILES string of the molecule is N=C(N)c1ccc(OCc2cccc3c(COc4ccc(C(=N)N)cc4)cccc23)cc1. The summed E-state index contributed by atoms with van der Waals surface area (Å²) in [4.78, 5) is 0. The highest BCUT2D eigenvalue weighted by Crippen LogP contribution is 2.25. The lowest BCUT2D eigenvalue weighted by molar-refractivity contribution is 0.306. The molecule has 4 aromatic rings. The zero-order valence-electron chi connectivity index (χ0n) is 17.5. The molecule has 0 atom stereocenters. The molecule has 4 rings (SSSR count). The molecule has 0 saturated carbocycles. The summed E-state index contributed by atoms with van der Waals surface area (Å²) in [5, 5.41) is 17.2. The lowest BCUT2D eigenvalue weighted by Gasteiger charge is -2.13. The largest absolute Gasteiger partial charge is 0.489 e. The molecule has 0 aliphatic carbocycles. The van der Waals surface area contributed by atoms with Gasteiger partial charge in [0.1, 0.15) is 36.4 Å². The van der Waals surface area contributed by atoms with Crippen LogP contribution in [0.4, 0.5) is 0 Å². The Bertz CT molecular complexity index is 1160. The Morgan fingerprint density at radius 2 is 0.938 bits per heavy atom. The summed E-state index contributed by atoms with van der Waals surface area (Å²) < 4.78 is 11.9. The molecule has 0 bridgehead atoms. The minimum atomic E-state index is 0.0372. The first-order chi connectivity index (χ1) is 15.5. The molecule has 0 spiro atoms. The van der Waals surface area contributed by atoms with Gasteiger partial charge in [-0.15, -0.1) is 0 Å². The highest BCUT2D eigenvalue weighted by molar-refractivity contribution is 5.95. The number of ether oxygens (including phenoxy) is 2. The summed E-state index contributed by atoms with van der Waals surface area (Å²) in [5.74, 6) is 1.52. The number of hydrogen-bond acceptors (Lipinski definition) is 4. The van der Waals surface area contributed by atoms with E-state index in [2.05, 4.69) is 24.3 Å². The van der Waals surface area contributed by atoms with Crippen LogP contribution >= 0.6 is 0 Å². The van der Waals surface area contributed by atoms with Crippen LogP contribution in [0.25, 0.3) is 10.8 Å². The molecular weight excluding hydrogens is 400 g/mol. The van der Waals surface area contributed by atoms with E-state index in [1.54, 1.807) is 24.3 Å². The zero-order chi connectivity index (χ0) is 22.5. The van der Waals surface area contributed by atoms with Crippen LogP contribution < -0.4 is 20.9 Å². The van der Waals surface area contributed by atoms with Gasteiger partial charge in [0.2, 0.25) is 0 Å². The van der Waals surface area contributed by atoms with Gasteiger partial charge in [0.25, 0.3) is 0 Å². The molecule has 0 amide bonds. The molecule has 0 heterocycles. The molecule has 4 aromatic carbocycles. The molecule has 0 aromatic heterocycles. The first-order valence-corrected chi connectivity index (χ1v) is 10.2. The van der Waals surface area contributed by atoms with Crippen LogP contribution in [0.2, 0.25) is 0 Å². The monoisotopic (exact) mass is 424 g/mol. The number of rotatable bonds is 8. The lowest BCUT2D eigenvalue weighted by atomic mass is 10.0. The second-order valence-corrected chi connectivity index (χ2v) is 7.38. The van der Waals surface area contributed by atoms with E-state index in [1.165, 1.54) is 0 Å². The Kier molecular flexibility index (Phi) is 6.03. The van der Waals surface area contributed by atoms with Crippen molar-refractivity contribution in [2.24, 2.45) is 11.5 Å². The van der Waals surface area contributed by atoms with Gasteiger partial charge in [-0.2, -0.15) is 0 Å². The topological polar surface area (TPSA) is 118 Å². The van der Waals surface area contributed by atoms with Crippen LogP contribution in [-0.2, 0) is 13.2 Å². The van der Waals surface area contributed by atoms with Gasteiger partial charge < -0.3 is 20.9 Å². The Morgan fingerprint density at radius 3 is 1.28 bits per heavy atom. The van der Waals surface area contributed by atoms with Gasteiger partial charge >= 0.3 is 0 Å². The van der Waals surface area contributed by atoms with Gasteiger partial charge in [-0.25, -0.2) is 0 Å². The molecule has 6 heteroatoms. The fraction of sp³-hybridized carbons (Fsp3) is 0.0769. The third-order valence-electron chi connectivity index (χ3n) is 5.22. The number of nitrogen functional groups attached to an aromatic ring is 2. The standard InChI is InChI=1S/C26H24N4O2/c27-25(28)17-7-11-21(12-8-17)31-15-19-3-1-5-23-20(4-2-6-24(19)23)16-32-22-13-9-18(10-14-22)26(29)30/h1-14H,15-16H2,(H3,27,28)(H3,29,30). The van der Waals surface area contributed by atoms with Crippen molar-refractivity contribution in [1.29, 1.82) is 10.8 Å². The third-order valence-corrected chi connectivity index (χ3v) is 5.22. The minimum Gasteiger partial charge on any atom is -0.489 e. The van der Waals surface area contributed by atoms with Crippen LogP contribution in [0, 0.1) is 10.8 Å². The van der Waals surface area contributed by atoms with Crippen LogP contribution in [0.15, 0.2) is 84.9 Å². The van der Waals surface area contributed by atoms with Gasteiger partial charge in [-0.1, -0.05) is 36.4 Å². The summed E-state index contributed by atoms with van der Waals surface area (Å²) in [6.07, 6.45) is 0. The van der Waals surface area contributed by atoms with Crippen LogP contribution in [0.1, 0.15) is 22.3 Å². The highest BCUT2D eigenvalue weighted by Gasteiger charge is 2.07. The highest BCUT2D eigenvalue weighted by atomic mass is 16.5. The quantitative estimate of drug-likeness (QED) is 0.245.